The first-order valence-corrected chi connectivity index (χ1v) is 8.24. The molecule has 0 atom stereocenters. The van der Waals surface area contributed by atoms with Crippen LogP contribution < -0.4 is 4.72 Å². The van der Waals surface area contributed by atoms with Gasteiger partial charge >= 0.3 is 5.97 Å². The van der Waals surface area contributed by atoms with E-state index in [2.05, 4.69) is 9.46 Å². The van der Waals surface area contributed by atoms with E-state index in [1.165, 1.54) is 37.4 Å². The van der Waals surface area contributed by atoms with E-state index in [0.29, 0.717) is 0 Å². The molecule has 0 aliphatic rings. The Morgan fingerprint density at radius 2 is 1.82 bits per heavy atom. The predicted octanol–water partition coefficient (Wildman–Crippen LogP) is 3.58. The van der Waals surface area contributed by atoms with Gasteiger partial charge in [0.25, 0.3) is 10.0 Å². The molecule has 0 saturated heterocycles. The van der Waals surface area contributed by atoms with Crippen LogP contribution in [0.2, 0.25) is 10.0 Å². The fraction of sp³-hybridized carbons (Fsp3) is 0.0714. The summed E-state index contributed by atoms with van der Waals surface area (Å²) in [4.78, 5) is 11.5. The number of nitrogens with one attached hydrogen (secondary N) is 1. The highest BCUT2D eigenvalue weighted by Crippen LogP contribution is 2.28. The van der Waals surface area contributed by atoms with Crippen LogP contribution in [0.25, 0.3) is 0 Å². The Morgan fingerprint density at radius 1 is 1.14 bits per heavy atom. The Labute approximate surface area is 137 Å². The number of anilines is 1. The van der Waals surface area contributed by atoms with Crippen molar-refractivity contribution in [3.8, 4) is 0 Å². The van der Waals surface area contributed by atoms with Crippen molar-refractivity contribution in [1.82, 2.24) is 0 Å². The second kappa shape index (κ2) is 6.56. The third kappa shape index (κ3) is 3.52. The van der Waals surface area contributed by atoms with Crippen LogP contribution in [0.4, 0.5) is 5.69 Å². The maximum Gasteiger partial charge on any atom is 0.339 e. The predicted molar refractivity (Wildman–Crippen MR) is 85.1 cm³/mol. The van der Waals surface area contributed by atoms with Crippen LogP contribution in [0, 0.1) is 0 Å². The molecule has 0 aliphatic heterocycles. The zero-order valence-corrected chi connectivity index (χ0v) is 13.7. The van der Waals surface area contributed by atoms with Crippen LogP contribution in [0.1, 0.15) is 10.4 Å². The number of carbonyl (C=O) groups excluding carboxylic acids is 1. The lowest BCUT2D eigenvalue weighted by Crippen LogP contribution is -2.16. The summed E-state index contributed by atoms with van der Waals surface area (Å²) in [7, 11) is -2.80. The molecule has 0 bridgehead atoms. The van der Waals surface area contributed by atoms with Gasteiger partial charge in [-0.25, -0.2) is 13.2 Å². The highest BCUT2D eigenvalue weighted by atomic mass is 35.5. The van der Waals surface area contributed by atoms with Crippen LogP contribution in [-0.2, 0) is 14.8 Å². The minimum atomic E-state index is -4.00. The SMILES string of the molecule is COC(=O)c1ccccc1NS(=O)(=O)c1cc(Cl)ccc1Cl. The van der Waals surface area contributed by atoms with Crippen molar-refractivity contribution in [2.75, 3.05) is 11.8 Å². The van der Waals surface area contributed by atoms with Gasteiger partial charge in [0, 0.05) is 5.02 Å². The van der Waals surface area contributed by atoms with Gasteiger partial charge in [-0.3, -0.25) is 4.72 Å². The Hall–Kier alpha value is -1.76. The van der Waals surface area contributed by atoms with Crippen molar-refractivity contribution < 1.29 is 17.9 Å². The van der Waals surface area contributed by atoms with E-state index >= 15 is 0 Å². The first-order chi connectivity index (χ1) is 10.3. The molecule has 0 amide bonds. The van der Waals surface area contributed by atoms with Crippen LogP contribution in [0.15, 0.2) is 47.4 Å². The molecule has 5 nitrogen and oxygen atoms in total. The molecule has 0 fully saturated rings. The summed E-state index contributed by atoms with van der Waals surface area (Å²) in [6, 6.07) is 10.2. The minimum Gasteiger partial charge on any atom is -0.465 e. The second-order valence-electron chi connectivity index (χ2n) is 4.22. The van der Waals surface area contributed by atoms with Gasteiger partial charge in [0.15, 0.2) is 0 Å². The number of methoxy groups -OCH3 is 1. The van der Waals surface area contributed by atoms with E-state index in [4.69, 9.17) is 23.2 Å². The molecule has 2 aromatic rings. The number of hydrogen-bond donors (Lipinski definition) is 1. The molecule has 0 spiro atoms. The summed E-state index contributed by atoms with van der Waals surface area (Å²) in [5, 5.41) is 0.249. The van der Waals surface area contributed by atoms with Crippen molar-refractivity contribution in [1.29, 1.82) is 0 Å². The highest BCUT2D eigenvalue weighted by molar-refractivity contribution is 7.92. The molecular formula is C14H11Cl2NO4S. The molecule has 0 aromatic heterocycles. The van der Waals surface area contributed by atoms with E-state index in [-0.39, 0.29) is 26.2 Å². The quantitative estimate of drug-likeness (QED) is 0.846. The molecular weight excluding hydrogens is 349 g/mol. The maximum absolute atomic E-state index is 12.4. The number of esters is 1. The monoisotopic (exact) mass is 359 g/mol. The molecule has 2 rings (SSSR count). The summed E-state index contributed by atoms with van der Waals surface area (Å²) in [6.07, 6.45) is 0. The molecule has 116 valence electrons. The van der Waals surface area contributed by atoms with Crippen molar-refractivity contribution in [3.05, 3.63) is 58.1 Å². The van der Waals surface area contributed by atoms with Gasteiger partial charge in [0.1, 0.15) is 4.90 Å². The largest absolute Gasteiger partial charge is 0.465 e. The van der Waals surface area contributed by atoms with Crippen LogP contribution in [0.5, 0.6) is 0 Å². The lowest BCUT2D eigenvalue weighted by molar-refractivity contribution is 0.0602. The van der Waals surface area contributed by atoms with Crippen molar-refractivity contribution >= 4 is 44.9 Å². The first-order valence-electron chi connectivity index (χ1n) is 6.00. The van der Waals surface area contributed by atoms with Crippen molar-refractivity contribution in [2.24, 2.45) is 0 Å². The maximum atomic E-state index is 12.4. The van der Waals surface area contributed by atoms with Crippen molar-refractivity contribution in [2.45, 2.75) is 4.90 Å². The number of halogens is 2. The first kappa shape index (κ1) is 16.6. The van der Waals surface area contributed by atoms with Gasteiger partial charge in [0.2, 0.25) is 0 Å². The fourth-order valence-electron chi connectivity index (χ4n) is 1.74. The average Bonchev–Trinajstić information content (AvgIpc) is 2.49. The summed E-state index contributed by atoms with van der Waals surface area (Å²) < 4.78 is 31.8. The van der Waals surface area contributed by atoms with Crippen molar-refractivity contribution in [3.63, 3.8) is 0 Å². The summed E-state index contributed by atoms with van der Waals surface area (Å²) in [6.45, 7) is 0. The lowest BCUT2D eigenvalue weighted by Gasteiger charge is -2.12. The minimum absolute atomic E-state index is 0.0208. The van der Waals surface area contributed by atoms with E-state index in [1.807, 2.05) is 0 Å². The topological polar surface area (TPSA) is 72.5 Å². The Kier molecular flexibility index (Phi) is 4.95. The molecule has 0 heterocycles. The normalized spacial score (nSPS) is 11.0. The molecule has 1 N–H and O–H groups in total. The third-order valence-corrected chi connectivity index (χ3v) is 4.84. The van der Waals surface area contributed by atoms with Gasteiger partial charge in [-0.1, -0.05) is 35.3 Å². The summed E-state index contributed by atoms with van der Waals surface area (Å²) in [5.41, 5.74) is 0.178. The number of para-hydroxylation sites is 1. The Balaban J connectivity index is 2.46. The number of benzene rings is 2. The standard InChI is InChI=1S/C14H11Cl2NO4S/c1-21-14(18)10-4-2-3-5-12(10)17-22(19,20)13-8-9(15)6-7-11(13)16/h2-8,17H,1H3. The van der Waals surface area contributed by atoms with Gasteiger partial charge in [-0.05, 0) is 30.3 Å². The van der Waals surface area contributed by atoms with Crippen LogP contribution in [-0.4, -0.2) is 21.5 Å². The highest BCUT2D eigenvalue weighted by Gasteiger charge is 2.21. The average molecular weight is 360 g/mol. The lowest BCUT2D eigenvalue weighted by atomic mass is 10.2. The van der Waals surface area contributed by atoms with E-state index in [1.54, 1.807) is 12.1 Å². The molecule has 8 heteroatoms. The number of carbonyl (C=O) groups is 1. The summed E-state index contributed by atoms with van der Waals surface area (Å²) >= 11 is 11.7. The number of hydrogen-bond acceptors (Lipinski definition) is 4. The Morgan fingerprint density at radius 3 is 2.50 bits per heavy atom. The number of rotatable bonds is 4. The van der Waals surface area contributed by atoms with E-state index < -0.39 is 16.0 Å². The fourth-order valence-corrected chi connectivity index (χ4v) is 3.59. The summed E-state index contributed by atoms with van der Waals surface area (Å²) in [5.74, 6) is -0.657. The number of ether oxygens (including phenoxy) is 1. The van der Waals surface area contributed by atoms with Gasteiger partial charge in [-0.2, -0.15) is 0 Å². The zero-order chi connectivity index (χ0) is 16.3. The second-order valence-corrected chi connectivity index (χ2v) is 6.71. The van der Waals surface area contributed by atoms with Gasteiger partial charge in [-0.15, -0.1) is 0 Å². The smallest absolute Gasteiger partial charge is 0.339 e. The van der Waals surface area contributed by atoms with Crippen LogP contribution >= 0.6 is 23.2 Å². The number of sulfonamides is 1. The van der Waals surface area contributed by atoms with Crippen LogP contribution in [0.3, 0.4) is 0 Å². The zero-order valence-electron chi connectivity index (χ0n) is 11.3. The van der Waals surface area contributed by atoms with E-state index in [0.717, 1.165) is 0 Å². The molecule has 0 saturated carbocycles. The van der Waals surface area contributed by atoms with E-state index in [9.17, 15) is 13.2 Å². The van der Waals surface area contributed by atoms with Gasteiger partial charge in [0.05, 0.1) is 23.4 Å². The molecule has 0 unspecified atom stereocenters. The molecule has 2 aromatic carbocycles. The Bertz CT molecular complexity index is 821. The molecule has 0 aliphatic carbocycles. The van der Waals surface area contributed by atoms with Gasteiger partial charge < -0.3 is 4.74 Å². The molecule has 0 radical (unpaired) electrons. The third-order valence-electron chi connectivity index (χ3n) is 2.76. The molecule has 22 heavy (non-hydrogen) atoms.